The highest BCUT2D eigenvalue weighted by Crippen LogP contribution is 2.18. The summed E-state index contributed by atoms with van der Waals surface area (Å²) in [6.07, 6.45) is -0.400. The Labute approximate surface area is 98.6 Å². The van der Waals surface area contributed by atoms with Gasteiger partial charge in [-0.25, -0.2) is 4.39 Å². The van der Waals surface area contributed by atoms with E-state index in [1.807, 2.05) is 0 Å². The summed E-state index contributed by atoms with van der Waals surface area (Å²) in [5.41, 5.74) is 5.09. The maximum absolute atomic E-state index is 13.4. The van der Waals surface area contributed by atoms with Gasteiger partial charge in [-0.1, -0.05) is 6.92 Å². The van der Waals surface area contributed by atoms with E-state index in [9.17, 15) is 14.0 Å². The number of rotatable bonds is 5. The maximum atomic E-state index is 13.4. The number of amides is 1. The second-order valence-corrected chi connectivity index (χ2v) is 3.61. The molecule has 0 aliphatic carbocycles. The van der Waals surface area contributed by atoms with E-state index in [1.165, 1.54) is 19.1 Å². The minimum Gasteiger partial charge on any atom is -0.481 e. The fraction of sp³-hybridized carbons (Fsp3) is 0.333. The monoisotopic (exact) mass is 239 g/mol. The fourth-order valence-corrected chi connectivity index (χ4v) is 1.36. The smallest absolute Gasteiger partial charge is 0.258 e. The molecule has 0 fully saturated rings. The largest absolute Gasteiger partial charge is 0.481 e. The van der Waals surface area contributed by atoms with Crippen LogP contribution in [0.3, 0.4) is 0 Å². The molecular formula is C12H14FNO3. The fourth-order valence-electron chi connectivity index (χ4n) is 1.36. The number of Topliss-reactive ketones (excluding diaryl/α,β-unsaturated/α-hetero) is 1. The SMILES string of the molecule is CCC(Oc1ccc(C(C)=O)c(F)c1)C(N)=O. The lowest BCUT2D eigenvalue weighted by molar-refractivity contribution is -0.124. The maximum Gasteiger partial charge on any atom is 0.258 e. The van der Waals surface area contributed by atoms with Gasteiger partial charge >= 0.3 is 0 Å². The molecule has 1 unspecified atom stereocenters. The first-order valence-electron chi connectivity index (χ1n) is 5.22. The average molecular weight is 239 g/mol. The van der Waals surface area contributed by atoms with Crippen molar-refractivity contribution in [2.75, 3.05) is 0 Å². The first-order valence-corrected chi connectivity index (χ1v) is 5.22. The Hall–Kier alpha value is -1.91. The lowest BCUT2D eigenvalue weighted by atomic mass is 10.1. The zero-order valence-corrected chi connectivity index (χ0v) is 9.70. The number of carbonyl (C=O) groups is 2. The summed E-state index contributed by atoms with van der Waals surface area (Å²) in [6, 6.07) is 3.83. The van der Waals surface area contributed by atoms with Crippen molar-refractivity contribution >= 4 is 11.7 Å². The van der Waals surface area contributed by atoms with Crippen LogP contribution in [0.2, 0.25) is 0 Å². The standard InChI is InChI=1S/C12H14FNO3/c1-3-11(12(14)16)17-8-4-5-9(7(2)15)10(13)6-8/h4-6,11H,3H2,1-2H3,(H2,14,16). The molecule has 0 saturated carbocycles. The van der Waals surface area contributed by atoms with Crippen molar-refractivity contribution in [3.8, 4) is 5.75 Å². The molecule has 0 aliphatic rings. The van der Waals surface area contributed by atoms with Gasteiger partial charge in [0.15, 0.2) is 11.9 Å². The van der Waals surface area contributed by atoms with Crippen molar-refractivity contribution in [3.63, 3.8) is 0 Å². The summed E-state index contributed by atoms with van der Waals surface area (Å²) < 4.78 is 18.7. The number of ketones is 1. The summed E-state index contributed by atoms with van der Waals surface area (Å²) in [5, 5.41) is 0. The molecule has 1 aromatic rings. The topological polar surface area (TPSA) is 69.4 Å². The van der Waals surface area contributed by atoms with Crippen molar-refractivity contribution < 1.29 is 18.7 Å². The predicted octanol–water partition coefficient (Wildman–Crippen LogP) is 1.67. The predicted molar refractivity (Wildman–Crippen MR) is 60.3 cm³/mol. The Kier molecular flexibility index (Phi) is 4.20. The van der Waals surface area contributed by atoms with E-state index in [0.717, 1.165) is 6.07 Å². The van der Waals surface area contributed by atoms with E-state index in [2.05, 4.69) is 0 Å². The quantitative estimate of drug-likeness (QED) is 0.794. The number of nitrogens with two attached hydrogens (primary N) is 1. The van der Waals surface area contributed by atoms with Crippen LogP contribution in [0, 0.1) is 5.82 Å². The highest BCUT2D eigenvalue weighted by molar-refractivity contribution is 5.94. The van der Waals surface area contributed by atoms with Crippen molar-refractivity contribution in [2.45, 2.75) is 26.4 Å². The van der Waals surface area contributed by atoms with Crippen LogP contribution in [-0.2, 0) is 4.79 Å². The third kappa shape index (κ3) is 3.27. The number of primary amides is 1. The average Bonchev–Trinajstić information content (AvgIpc) is 2.24. The molecule has 0 spiro atoms. The lowest BCUT2D eigenvalue weighted by Crippen LogP contribution is -2.33. The number of ether oxygens (including phenoxy) is 1. The molecule has 0 aromatic heterocycles. The molecule has 0 bridgehead atoms. The Bertz CT molecular complexity index is 445. The first-order chi connectivity index (χ1) is 7.95. The van der Waals surface area contributed by atoms with Crippen LogP contribution in [0.15, 0.2) is 18.2 Å². The zero-order chi connectivity index (χ0) is 13.0. The minimum absolute atomic E-state index is 0.00975. The summed E-state index contributed by atoms with van der Waals surface area (Å²) in [7, 11) is 0. The van der Waals surface area contributed by atoms with Crippen molar-refractivity contribution in [1.29, 1.82) is 0 Å². The van der Waals surface area contributed by atoms with Crippen molar-refractivity contribution in [2.24, 2.45) is 5.73 Å². The van der Waals surface area contributed by atoms with Gasteiger partial charge in [0.1, 0.15) is 11.6 Å². The molecule has 1 atom stereocenters. The van der Waals surface area contributed by atoms with Crippen LogP contribution in [-0.4, -0.2) is 17.8 Å². The van der Waals surface area contributed by atoms with Gasteiger partial charge in [0.05, 0.1) is 5.56 Å². The Morgan fingerprint density at radius 1 is 1.47 bits per heavy atom. The van der Waals surface area contributed by atoms with E-state index in [1.54, 1.807) is 6.92 Å². The number of hydrogen-bond acceptors (Lipinski definition) is 3. The van der Waals surface area contributed by atoms with Gasteiger partial charge in [0, 0.05) is 6.07 Å². The van der Waals surface area contributed by atoms with E-state index in [-0.39, 0.29) is 17.1 Å². The molecule has 1 aromatic carbocycles. The zero-order valence-electron chi connectivity index (χ0n) is 9.70. The van der Waals surface area contributed by atoms with Gasteiger partial charge in [-0.3, -0.25) is 9.59 Å². The molecule has 17 heavy (non-hydrogen) atoms. The second kappa shape index (κ2) is 5.43. The Balaban J connectivity index is 2.90. The molecule has 0 saturated heterocycles. The molecule has 92 valence electrons. The molecular weight excluding hydrogens is 225 g/mol. The van der Waals surface area contributed by atoms with Gasteiger partial charge in [-0.15, -0.1) is 0 Å². The van der Waals surface area contributed by atoms with E-state index < -0.39 is 17.8 Å². The van der Waals surface area contributed by atoms with Gasteiger partial charge in [-0.05, 0) is 25.5 Å². The van der Waals surface area contributed by atoms with Crippen LogP contribution in [0.4, 0.5) is 4.39 Å². The van der Waals surface area contributed by atoms with Crippen LogP contribution in [0.5, 0.6) is 5.75 Å². The Morgan fingerprint density at radius 2 is 2.12 bits per heavy atom. The van der Waals surface area contributed by atoms with Crippen molar-refractivity contribution in [3.05, 3.63) is 29.6 Å². The molecule has 5 heteroatoms. The number of hydrogen-bond donors (Lipinski definition) is 1. The number of benzene rings is 1. The van der Waals surface area contributed by atoms with Crippen LogP contribution >= 0.6 is 0 Å². The third-order valence-electron chi connectivity index (χ3n) is 2.29. The Morgan fingerprint density at radius 3 is 2.53 bits per heavy atom. The summed E-state index contributed by atoms with van der Waals surface area (Å²) in [5.74, 6) is -1.47. The first kappa shape index (κ1) is 13.2. The normalized spacial score (nSPS) is 11.9. The van der Waals surface area contributed by atoms with Crippen LogP contribution < -0.4 is 10.5 Å². The van der Waals surface area contributed by atoms with E-state index in [4.69, 9.17) is 10.5 Å². The van der Waals surface area contributed by atoms with Crippen molar-refractivity contribution in [1.82, 2.24) is 0 Å². The second-order valence-electron chi connectivity index (χ2n) is 3.61. The number of carbonyl (C=O) groups excluding carboxylic acids is 2. The highest BCUT2D eigenvalue weighted by atomic mass is 19.1. The number of halogens is 1. The minimum atomic E-state index is -0.794. The van der Waals surface area contributed by atoms with Gasteiger partial charge in [0.25, 0.3) is 5.91 Å². The highest BCUT2D eigenvalue weighted by Gasteiger charge is 2.16. The van der Waals surface area contributed by atoms with Gasteiger partial charge in [0.2, 0.25) is 0 Å². The molecule has 0 aliphatic heterocycles. The van der Waals surface area contributed by atoms with Gasteiger partial charge < -0.3 is 10.5 Å². The molecule has 1 rings (SSSR count). The van der Waals surface area contributed by atoms with E-state index in [0.29, 0.717) is 6.42 Å². The molecule has 0 radical (unpaired) electrons. The van der Waals surface area contributed by atoms with Gasteiger partial charge in [-0.2, -0.15) is 0 Å². The molecule has 4 nitrogen and oxygen atoms in total. The molecule has 0 heterocycles. The van der Waals surface area contributed by atoms with Crippen LogP contribution in [0.1, 0.15) is 30.6 Å². The lowest BCUT2D eigenvalue weighted by Gasteiger charge is -2.14. The molecule has 2 N–H and O–H groups in total. The van der Waals surface area contributed by atoms with E-state index >= 15 is 0 Å². The third-order valence-corrected chi connectivity index (χ3v) is 2.29. The summed E-state index contributed by atoms with van der Waals surface area (Å²) >= 11 is 0. The van der Waals surface area contributed by atoms with Crippen LogP contribution in [0.25, 0.3) is 0 Å². The molecule has 1 amide bonds. The summed E-state index contributed by atoms with van der Waals surface area (Å²) in [6.45, 7) is 3.01. The summed E-state index contributed by atoms with van der Waals surface area (Å²) in [4.78, 5) is 22.0.